The third-order valence-corrected chi connectivity index (χ3v) is 5.46. The van der Waals surface area contributed by atoms with Crippen molar-refractivity contribution in [2.45, 2.75) is 26.3 Å². The van der Waals surface area contributed by atoms with Gasteiger partial charge in [0.1, 0.15) is 5.75 Å². The van der Waals surface area contributed by atoms with Gasteiger partial charge >= 0.3 is 6.09 Å². The molecule has 0 bridgehead atoms. The van der Waals surface area contributed by atoms with Crippen LogP contribution in [0.4, 0.5) is 4.79 Å². The molecule has 1 aliphatic rings. The summed E-state index contributed by atoms with van der Waals surface area (Å²) in [5.74, 6) is 2.05. The number of ether oxygens (including phenoxy) is 1. The fourth-order valence-corrected chi connectivity index (χ4v) is 3.70. The number of pyridine rings is 1. The van der Waals surface area contributed by atoms with E-state index in [0.29, 0.717) is 31.1 Å². The highest BCUT2D eigenvalue weighted by molar-refractivity contribution is 7.97. The number of carbonyl (C=O) groups is 2. The fourth-order valence-electron chi connectivity index (χ4n) is 3.04. The van der Waals surface area contributed by atoms with Gasteiger partial charge in [-0.1, -0.05) is 25.1 Å². The molecule has 1 atom stereocenters. The zero-order valence-corrected chi connectivity index (χ0v) is 16.4. The van der Waals surface area contributed by atoms with E-state index in [-0.39, 0.29) is 11.8 Å². The zero-order chi connectivity index (χ0) is 19.9. The number of benzene rings is 1. The minimum Gasteiger partial charge on any atom is -0.464 e. The Balaban J connectivity index is 1.51. The SMILES string of the molecule is CCc1ccc(Oc2ccc(CN3C[C@H](CSNC(=O)O)CC3=O)cn2)cc1. The summed E-state index contributed by atoms with van der Waals surface area (Å²) in [6.07, 6.45) is 2.08. The van der Waals surface area contributed by atoms with Crippen molar-refractivity contribution in [3.63, 3.8) is 0 Å². The molecule has 1 aromatic carbocycles. The van der Waals surface area contributed by atoms with Gasteiger partial charge in [0.15, 0.2) is 0 Å². The van der Waals surface area contributed by atoms with E-state index in [1.807, 2.05) is 30.3 Å². The topological polar surface area (TPSA) is 91.8 Å². The number of hydrogen-bond donors (Lipinski definition) is 2. The normalized spacial score (nSPS) is 16.2. The molecule has 2 aromatic rings. The first-order valence-electron chi connectivity index (χ1n) is 9.13. The number of rotatable bonds is 8. The van der Waals surface area contributed by atoms with Crippen LogP contribution in [0, 0.1) is 5.92 Å². The van der Waals surface area contributed by atoms with Gasteiger partial charge in [0, 0.05) is 37.5 Å². The molecule has 0 unspecified atom stereocenters. The highest BCUT2D eigenvalue weighted by Crippen LogP contribution is 2.24. The number of carbonyl (C=O) groups excluding carboxylic acids is 1. The van der Waals surface area contributed by atoms with Gasteiger partial charge in [-0.2, -0.15) is 0 Å². The standard InChI is InChI=1S/C20H23N3O4S/c1-2-14-3-6-17(7-4-14)27-18-8-5-15(10-21-18)11-23-12-16(9-19(23)24)13-28-22-20(25)26/h3-8,10,16,22H,2,9,11-13H2,1H3,(H,25,26)/t16-/m1/s1. The predicted molar refractivity (Wildman–Crippen MR) is 107 cm³/mol. The summed E-state index contributed by atoms with van der Waals surface area (Å²) in [6, 6.07) is 11.6. The highest BCUT2D eigenvalue weighted by atomic mass is 32.2. The van der Waals surface area contributed by atoms with E-state index in [2.05, 4.69) is 16.6 Å². The molecule has 1 saturated heterocycles. The molecule has 0 radical (unpaired) electrons. The Morgan fingerprint density at radius 3 is 2.68 bits per heavy atom. The Morgan fingerprint density at radius 2 is 2.04 bits per heavy atom. The van der Waals surface area contributed by atoms with Gasteiger partial charge in [-0.25, -0.2) is 9.78 Å². The molecule has 8 heteroatoms. The predicted octanol–water partition coefficient (Wildman–Crippen LogP) is 3.70. The Hall–Kier alpha value is -2.74. The lowest BCUT2D eigenvalue weighted by molar-refractivity contribution is -0.128. The smallest absolute Gasteiger partial charge is 0.414 e. The second-order valence-corrected chi connectivity index (χ2v) is 7.49. The lowest BCUT2D eigenvalue weighted by Crippen LogP contribution is -2.25. The van der Waals surface area contributed by atoms with Gasteiger partial charge in [0.05, 0.1) is 0 Å². The van der Waals surface area contributed by atoms with E-state index in [1.54, 1.807) is 17.2 Å². The molecule has 3 rings (SSSR count). The van der Waals surface area contributed by atoms with Crippen LogP contribution in [0.3, 0.4) is 0 Å². The van der Waals surface area contributed by atoms with Crippen LogP contribution in [0.2, 0.25) is 0 Å². The van der Waals surface area contributed by atoms with Crippen LogP contribution in [0.1, 0.15) is 24.5 Å². The molecule has 7 nitrogen and oxygen atoms in total. The van der Waals surface area contributed by atoms with Crippen LogP contribution in [0.5, 0.6) is 11.6 Å². The van der Waals surface area contributed by atoms with Gasteiger partial charge in [-0.3, -0.25) is 9.52 Å². The first-order valence-corrected chi connectivity index (χ1v) is 10.1. The first-order chi connectivity index (χ1) is 13.5. The molecule has 0 aliphatic carbocycles. The lowest BCUT2D eigenvalue weighted by Gasteiger charge is -2.16. The van der Waals surface area contributed by atoms with Crippen LogP contribution in [-0.4, -0.2) is 39.3 Å². The first kappa shape index (κ1) is 20.0. The summed E-state index contributed by atoms with van der Waals surface area (Å²) in [5.41, 5.74) is 2.18. The lowest BCUT2D eigenvalue weighted by atomic mass is 10.1. The molecule has 2 amide bonds. The minimum atomic E-state index is -1.07. The average Bonchev–Trinajstić information content (AvgIpc) is 3.03. The molecule has 148 valence electrons. The van der Waals surface area contributed by atoms with E-state index < -0.39 is 6.09 Å². The van der Waals surface area contributed by atoms with Crippen LogP contribution in [0.25, 0.3) is 0 Å². The number of amides is 2. The summed E-state index contributed by atoms with van der Waals surface area (Å²) in [6.45, 7) is 3.22. The molecule has 28 heavy (non-hydrogen) atoms. The molecule has 0 spiro atoms. The number of nitrogens with one attached hydrogen (secondary N) is 1. The van der Waals surface area contributed by atoms with Crippen molar-refractivity contribution in [1.29, 1.82) is 0 Å². The van der Waals surface area contributed by atoms with Gasteiger partial charge < -0.3 is 14.7 Å². The molecule has 2 heterocycles. The summed E-state index contributed by atoms with van der Waals surface area (Å²) in [7, 11) is 0. The molecule has 1 aromatic heterocycles. The average molecular weight is 401 g/mol. The Bertz CT molecular complexity index is 811. The second-order valence-electron chi connectivity index (χ2n) is 6.67. The summed E-state index contributed by atoms with van der Waals surface area (Å²) < 4.78 is 8.02. The number of hydrogen-bond acceptors (Lipinski definition) is 5. The minimum absolute atomic E-state index is 0.0808. The van der Waals surface area contributed by atoms with E-state index in [4.69, 9.17) is 9.84 Å². The third-order valence-electron chi connectivity index (χ3n) is 4.50. The molecular weight excluding hydrogens is 378 g/mol. The van der Waals surface area contributed by atoms with Crippen molar-refractivity contribution >= 4 is 23.9 Å². The number of aromatic nitrogens is 1. The third kappa shape index (κ3) is 5.63. The van der Waals surface area contributed by atoms with Crippen LogP contribution in [0.15, 0.2) is 42.6 Å². The van der Waals surface area contributed by atoms with Crippen molar-refractivity contribution in [3.05, 3.63) is 53.7 Å². The van der Waals surface area contributed by atoms with Crippen molar-refractivity contribution in [1.82, 2.24) is 14.6 Å². The maximum absolute atomic E-state index is 12.2. The zero-order valence-electron chi connectivity index (χ0n) is 15.6. The Kier molecular flexibility index (Phi) is 6.76. The fraction of sp³-hybridized carbons (Fsp3) is 0.350. The Morgan fingerprint density at radius 1 is 1.29 bits per heavy atom. The molecule has 2 N–H and O–H groups in total. The van der Waals surface area contributed by atoms with E-state index in [0.717, 1.165) is 29.7 Å². The maximum Gasteiger partial charge on any atom is 0.414 e. The van der Waals surface area contributed by atoms with Gasteiger partial charge in [0.25, 0.3) is 0 Å². The summed E-state index contributed by atoms with van der Waals surface area (Å²) in [4.78, 5) is 28.8. The molecule has 0 saturated carbocycles. The van der Waals surface area contributed by atoms with Crippen LogP contribution >= 0.6 is 11.9 Å². The number of carboxylic acid groups (broad SMARTS) is 1. The molecule has 1 aliphatic heterocycles. The van der Waals surface area contributed by atoms with Crippen molar-refractivity contribution < 1.29 is 19.4 Å². The quantitative estimate of drug-likeness (QED) is 0.656. The molecule has 1 fully saturated rings. The maximum atomic E-state index is 12.2. The number of nitrogens with zero attached hydrogens (tertiary/aromatic N) is 2. The van der Waals surface area contributed by atoms with Gasteiger partial charge in [0.2, 0.25) is 11.8 Å². The van der Waals surface area contributed by atoms with Crippen LogP contribution < -0.4 is 9.46 Å². The van der Waals surface area contributed by atoms with Crippen molar-refractivity contribution in [3.8, 4) is 11.6 Å². The summed E-state index contributed by atoms with van der Waals surface area (Å²) in [5, 5.41) is 8.60. The highest BCUT2D eigenvalue weighted by Gasteiger charge is 2.29. The van der Waals surface area contributed by atoms with E-state index in [9.17, 15) is 9.59 Å². The number of aryl methyl sites for hydroxylation is 1. The largest absolute Gasteiger partial charge is 0.464 e. The van der Waals surface area contributed by atoms with Gasteiger partial charge in [-0.05, 0) is 47.5 Å². The molecular formula is C20H23N3O4S. The Labute approximate surface area is 168 Å². The number of likely N-dealkylation sites (tertiary alicyclic amines) is 1. The van der Waals surface area contributed by atoms with E-state index >= 15 is 0 Å². The second kappa shape index (κ2) is 9.45. The monoisotopic (exact) mass is 401 g/mol. The van der Waals surface area contributed by atoms with E-state index in [1.165, 1.54) is 5.56 Å². The van der Waals surface area contributed by atoms with Crippen molar-refractivity contribution in [2.24, 2.45) is 5.92 Å². The summed E-state index contributed by atoms with van der Waals surface area (Å²) >= 11 is 1.12. The van der Waals surface area contributed by atoms with Crippen LogP contribution in [-0.2, 0) is 17.8 Å². The van der Waals surface area contributed by atoms with Crippen molar-refractivity contribution in [2.75, 3.05) is 12.3 Å². The van der Waals surface area contributed by atoms with Gasteiger partial charge in [-0.15, -0.1) is 0 Å².